The Labute approximate surface area is 138 Å². The minimum Gasteiger partial charge on any atom is -0.494 e. The molecule has 0 aromatic carbocycles. The molecule has 0 fully saturated rings. The Bertz CT molecular complexity index is 758. The SMILES string of the molecule is CCN1C(O)=C(C(=O)O)SC1c1cnc2ccc(I)cn12. The van der Waals surface area contributed by atoms with Gasteiger partial charge < -0.3 is 15.1 Å². The molecule has 2 aromatic heterocycles. The number of halogens is 1. The standard InChI is InChI=1S/C13H12IN3O3S/c1-2-16-11(18)10(13(19)20)21-12(16)8-5-15-9-4-3-7(14)6-17(8)9/h3-6,12,18H,2H2,1H3,(H,19,20). The van der Waals surface area contributed by atoms with Crippen LogP contribution < -0.4 is 0 Å². The van der Waals surface area contributed by atoms with E-state index in [-0.39, 0.29) is 16.2 Å². The molecule has 110 valence electrons. The van der Waals surface area contributed by atoms with Crippen LogP contribution in [0, 0.1) is 3.57 Å². The van der Waals surface area contributed by atoms with Gasteiger partial charge in [-0.2, -0.15) is 0 Å². The van der Waals surface area contributed by atoms with Crippen LogP contribution in [0.3, 0.4) is 0 Å². The van der Waals surface area contributed by atoms with Gasteiger partial charge in [0.05, 0.1) is 11.9 Å². The van der Waals surface area contributed by atoms with Crippen LogP contribution in [0.4, 0.5) is 0 Å². The van der Waals surface area contributed by atoms with Gasteiger partial charge in [-0.05, 0) is 41.6 Å². The van der Waals surface area contributed by atoms with Gasteiger partial charge in [-0.1, -0.05) is 11.8 Å². The van der Waals surface area contributed by atoms with Crippen LogP contribution in [0.5, 0.6) is 0 Å². The molecule has 2 N–H and O–H groups in total. The van der Waals surface area contributed by atoms with Gasteiger partial charge in [0.2, 0.25) is 5.88 Å². The summed E-state index contributed by atoms with van der Waals surface area (Å²) in [6, 6.07) is 3.87. The Balaban J connectivity index is 2.07. The van der Waals surface area contributed by atoms with Crippen molar-refractivity contribution in [2.45, 2.75) is 12.3 Å². The van der Waals surface area contributed by atoms with Crippen LogP contribution in [-0.4, -0.2) is 37.0 Å². The van der Waals surface area contributed by atoms with Crippen molar-refractivity contribution in [2.24, 2.45) is 0 Å². The number of carbonyl (C=O) groups is 1. The largest absolute Gasteiger partial charge is 0.494 e. The van der Waals surface area contributed by atoms with Crippen molar-refractivity contribution in [3.63, 3.8) is 0 Å². The minimum absolute atomic E-state index is 0.0255. The van der Waals surface area contributed by atoms with E-state index in [1.165, 1.54) is 0 Å². The van der Waals surface area contributed by atoms with Gasteiger partial charge in [-0.15, -0.1) is 0 Å². The number of hydrogen-bond acceptors (Lipinski definition) is 5. The Kier molecular flexibility index (Phi) is 3.74. The number of thioether (sulfide) groups is 1. The van der Waals surface area contributed by atoms with E-state index < -0.39 is 5.97 Å². The number of imidazole rings is 1. The van der Waals surface area contributed by atoms with Crippen molar-refractivity contribution in [1.29, 1.82) is 0 Å². The fourth-order valence-electron chi connectivity index (χ4n) is 2.31. The third-order valence-electron chi connectivity index (χ3n) is 3.27. The van der Waals surface area contributed by atoms with Crippen molar-refractivity contribution in [1.82, 2.24) is 14.3 Å². The van der Waals surface area contributed by atoms with Crippen molar-refractivity contribution in [2.75, 3.05) is 6.54 Å². The summed E-state index contributed by atoms with van der Waals surface area (Å²) in [5.41, 5.74) is 1.64. The van der Waals surface area contributed by atoms with Crippen molar-refractivity contribution in [3.05, 3.63) is 44.6 Å². The van der Waals surface area contributed by atoms with E-state index in [9.17, 15) is 15.0 Å². The number of fused-ring (bicyclic) bond motifs is 1. The first-order chi connectivity index (χ1) is 10.0. The Morgan fingerprint density at radius 2 is 2.29 bits per heavy atom. The maximum absolute atomic E-state index is 11.2. The van der Waals surface area contributed by atoms with Gasteiger partial charge in [0.25, 0.3) is 0 Å². The molecule has 1 aliphatic rings. The number of aliphatic hydroxyl groups excluding tert-OH is 1. The number of hydrogen-bond donors (Lipinski definition) is 2. The second kappa shape index (κ2) is 5.41. The summed E-state index contributed by atoms with van der Waals surface area (Å²) in [5.74, 6) is -1.29. The maximum Gasteiger partial charge on any atom is 0.347 e. The normalized spacial score (nSPS) is 18.8. The van der Waals surface area contributed by atoms with Crippen molar-refractivity contribution in [3.8, 4) is 0 Å². The molecule has 6 nitrogen and oxygen atoms in total. The molecule has 0 saturated heterocycles. The highest BCUT2D eigenvalue weighted by Crippen LogP contribution is 2.46. The summed E-state index contributed by atoms with van der Waals surface area (Å²) in [4.78, 5) is 17.2. The molecule has 1 unspecified atom stereocenters. The molecule has 0 saturated carbocycles. The van der Waals surface area contributed by atoms with Crippen LogP contribution in [0.1, 0.15) is 18.0 Å². The lowest BCUT2D eigenvalue weighted by Gasteiger charge is -2.24. The smallest absolute Gasteiger partial charge is 0.347 e. The quantitative estimate of drug-likeness (QED) is 0.749. The lowest BCUT2D eigenvalue weighted by molar-refractivity contribution is -0.132. The summed E-state index contributed by atoms with van der Waals surface area (Å²) in [6.07, 6.45) is 3.67. The number of pyridine rings is 1. The van der Waals surface area contributed by atoms with Crippen LogP contribution in [0.25, 0.3) is 5.65 Å². The van der Waals surface area contributed by atoms with E-state index in [1.807, 2.05) is 29.7 Å². The van der Waals surface area contributed by atoms with E-state index in [2.05, 4.69) is 27.6 Å². The van der Waals surface area contributed by atoms with Crippen molar-refractivity contribution >= 4 is 46.0 Å². The molecule has 1 aliphatic heterocycles. The lowest BCUT2D eigenvalue weighted by atomic mass is 10.3. The fraction of sp³-hybridized carbons (Fsp3) is 0.231. The molecule has 21 heavy (non-hydrogen) atoms. The lowest BCUT2D eigenvalue weighted by Crippen LogP contribution is -2.23. The number of aliphatic hydroxyl groups is 1. The molecule has 2 aromatic rings. The molecule has 0 amide bonds. The molecule has 0 bridgehead atoms. The predicted octanol–water partition coefficient (Wildman–Crippen LogP) is 2.82. The van der Waals surface area contributed by atoms with Gasteiger partial charge in [-0.3, -0.25) is 4.40 Å². The van der Waals surface area contributed by atoms with Crippen LogP contribution in [0.15, 0.2) is 35.3 Å². The van der Waals surface area contributed by atoms with Crippen molar-refractivity contribution < 1.29 is 15.0 Å². The summed E-state index contributed by atoms with van der Waals surface area (Å²) >= 11 is 3.35. The van der Waals surface area contributed by atoms with E-state index in [0.29, 0.717) is 6.54 Å². The molecule has 3 rings (SSSR count). The number of rotatable bonds is 3. The summed E-state index contributed by atoms with van der Waals surface area (Å²) in [6.45, 7) is 2.39. The molecule has 0 aliphatic carbocycles. The molecule has 8 heteroatoms. The second-order valence-corrected chi connectivity index (χ2v) is 6.81. The first-order valence-corrected chi connectivity index (χ1v) is 8.21. The Morgan fingerprint density at radius 1 is 1.52 bits per heavy atom. The topological polar surface area (TPSA) is 78.1 Å². The highest BCUT2D eigenvalue weighted by atomic mass is 127. The molecular weight excluding hydrogens is 405 g/mol. The van der Waals surface area contributed by atoms with E-state index >= 15 is 0 Å². The highest BCUT2D eigenvalue weighted by molar-refractivity contribution is 14.1. The Hall–Kier alpha value is -1.42. The fourth-order valence-corrected chi connectivity index (χ4v) is 3.98. The van der Waals surface area contributed by atoms with Crippen LogP contribution in [0.2, 0.25) is 0 Å². The van der Waals surface area contributed by atoms with E-state index in [4.69, 9.17) is 0 Å². The summed E-state index contributed by atoms with van der Waals surface area (Å²) < 4.78 is 2.99. The van der Waals surface area contributed by atoms with Gasteiger partial charge in [0.1, 0.15) is 11.0 Å². The average Bonchev–Trinajstić information content (AvgIpc) is 2.98. The van der Waals surface area contributed by atoms with Gasteiger partial charge in [0.15, 0.2) is 4.91 Å². The van der Waals surface area contributed by atoms with Gasteiger partial charge in [0, 0.05) is 16.3 Å². The summed E-state index contributed by atoms with van der Waals surface area (Å²) in [5, 5.41) is 19.0. The molecule has 1 atom stereocenters. The zero-order chi connectivity index (χ0) is 15.1. The number of carboxylic acid groups (broad SMARTS) is 1. The maximum atomic E-state index is 11.2. The van der Waals surface area contributed by atoms with Gasteiger partial charge >= 0.3 is 5.97 Å². The molecule has 0 spiro atoms. The number of aliphatic carboxylic acids is 1. The predicted molar refractivity (Wildman–Crippen MR) is 87.9 cm³/mol. The first kappa shape index (κ1) is 14.5. The van der Waals surface area contributed by atoms with E-state index in [0.717, 1.165) is 26.7 Å². The zero-order valence-corrected chi connectivity index (χ0v) is 14.0. The third kappa shape index (κ3) is 2.35. The van der Waals surface area contributed by atoms with Gasteiger partial charge in [-0.25, -0.2) is 9.78 Å². The number of aromatic nitrogens is 2. The second-order valence-electron chi connectivity index (χ2n) is 4.47. The van der Waals surface area contributed by atoms with E-state index in [1.54, 1.807) is 11.1 Å². The average molecular weight is 417 g/mol. The van der Waals surface area contributed by atoms with Crippen LogP contribution >= 0.6 is 34.4 Å². The number of nitrogens with zero attached hydrogens (tertiary/aromatic N) is 3. The monoisotopic (exact) mass is 417 g/mol. The number of carboxylic acids is 1. The first-order valence-electron chi connectivity index (χ1n) is 6.25. The molecular formula is C13H12IN3O3S. The zero-order valence-electron chi connectivity index (χ0n) is 11.0. The van der Waals surface area contributed by atoms with Crippen LogP contribution in [-0.2, 0) is 4.79 Å². The molecule has 0 radical (unpaired) electrons. The Morgan fingerprint density at radius 3 is 2.95 bits per heavy atom. The summed E-state index contributed by atoms with van der Waals surface area (Å²) in [7, 11) is 0. The molecule has 3 heterocycles. The third-order valence-corrected chi connectivity index (χ3v) is 5.22. The highest BCUT2D eigenvalue weighted by Gasteiger charge is 2.37. The minimum atomic E-state index is -1.11.